The van der Waals surface area contributed by atoms with E-state index in [0.29, 0.717) is 23.0 Å². The second-order valence-electron chi connectivity index (χ2n) is 5.04. The van der Waals surface area contributed by atoms with Crippen molar-refractivity contribution < 1.29 is 14.3 Å². The van der Waals surface area contributed by atoms with Crippen molar-refractivity contribution in [3.8, 4) is 11.5 Å². The molecule has 1 aromatic rings. The first-order valence-electron chi connectivity index (χ1n) is 6.43. The second-order valence-corrected chi connectivity index (χ2v) is 5.04. The summed E-state index contributed by atoms with van der Waals surface area (Å²) < 4.78 is 10.7. The van der Waals surface area contributed by atoms with E-state index in [4.69, 9.17) is 9.47 Å². The highest BCUT2D eigenvalue weighted by Crippen LogP contribution is 2.36. The zero-order chi connectivity index (χ0) is 12.5. The monoisotopic (exact) mass is 247 g/mol. The van der Waals surface area contributed by atoms with Gasteiger partial charge in [-0.05, 0) is 30.9 Å². The molecule has 1 atom stereocenters. The average molecular weight is 247 g/mol. The van der Waals surface area contributed by atoms with Crippen LogP contribution in [0.3, 0.4) is 0 Å². The SMILES string of the molecule is CC1CCCN(C(=O)c2cccc3c2OCO3)C1. The van der Waals surface area contributed by atoms with Gasteiger partial charge in [0.25, 0.3) is 5.91 Å². The van der Waals surface area contributed by atoms with Gasteiger partial charge in [-0.2, -0.15) is 0 Å². The third kappa shape index (κ3) is 1.92. The number of piperidine rings is 1. The Morgan fingerprint density at radius 1 is 1.39 bits per heavy atom. The minimum absolute atomic E-state index is 0.0592. The van der Waals surface area contributed by atoms with Crippen LogP contribution in [-0.4, -0.2) is 30.7 Å². The highest BCUT2D eigenvalue weighted by atomic mass is 16.7. The van der Waals surface area contributed by atoms with Crippen molar-refractivity contribution >= 4 is 5.91 Å². The summed E-state index contributed by atoms with van der Waals surface area (Å²) in [5.41, 5.74) is 0.624. The van der Waals surface area contributed by atoms with Gasteiger partial charge in [0.2, 0.25) is 6.79 Å². The Balaban J connectivity index is 1.86. The van der Waals surface area contributed by atoms with Crippen LogP contribution in [0.4, 0.5) is 0 Å². The highest BCUT2D eigenvalue weighted by molar-refractivity contribution is 5.98. The molecular weight excluding hydrogens is 230 g/mol. The lowest BCUT2D eigenvalue weighted by molar-refractivity contribution is 0.0678. The first kappa shape index (κ1) is 11.4. The van der Waals surface area contributed by atoms with Crippen molar-refractivity contribution in [2.24, 2.45) is 5.92 Å². The molecule has 0 saturated carbocycles. The lowest BCUT2D eigenvalue weighted by Gasteiger charge is -2.31. The van der Waals surface area contributed by atoms with E-state index in [1.165, 1.54) is 6.42 Å². The molecule has 4 nitrogen and oxygen atoms in total. The van der Waals surface area contributed by atoms with Crippen LogP contribution in [0.1, 0.15) is 30.1 Å². The number of likely N-dealkylation sites (tertiary alicyclic amines) is 1. The smallest absolute Gasteiger partial charge is 0.257 e. The number of fused-ring (bicyclic) bond motifs is 1. The van der Waals surface area contributed by atoms with Crippen molar-refractivity contribution in [2.75, 3.05) is 19.9 Å². The fourth-order valence-electron chi connectivity index (χ4n) is 2.64. The average Bonchev–Trinajstić information content (AvgIpc) is 2.86. The molecule has 1 fully saturated rings. The summed E-state index contributed by atoms with van der Waals surface area (Å²) >= 11 is 0. The number of benzene rings is 1. The lowest BCUT2D eigenvalue weighted by Crippen LogP contribution is -2.39. The van der Waals surface area contributed by atoms with E-state index < -0.39 is 0 Å². The Kier molecular flexibility index (Phi) is 2.86. The van der Waals surface area contributed by atoms with E-state index in [9.17, 15) is 4.79 Å². The van der Waals surface area contributed by atoms with Gasteiger partial charge in [-0.25, -0.2) is 0 Å². The molecule has 18 heavy (non-hydrogen) atoms. The van der Waals surface area contributed by atoms with Gasteiger partial charge in [0.15, 0.2) is 11.5 Å². The summed E-state index contributed by atoms with van der Waals surface area (Å²) in [7, 11) is 0. The number of rotatable bonds is 1. The number of ether oxygens (including phenoxy) is 2. The third-order valence-electron chi connectivity index (χ3n) is 3.57. The first-order chi connectivity index (χ1) is 8.75. The molecule has 96 valence electrons. The number of hydrogen-bond donors (Lipinski definition) is 0. The van der Waals surface area contributed by atoms with Gasteiger partial charge >= 0.3 is 0 Å². The van der Waals surface area contributed by atoms with Crippen molar-refractivity contribution in [3.05, 3.63) is 23.8 Å². The first-order valence-corrected chi connectivity index (χ1v) is 6.43. The number of nitrogens with zero attached hydrogens (tertiary/aromatic N) is 1. The van der Waals surface area contributed by atoms with E-state index in [1.54, 1.807) is 0 Å². The summed E-state index contributed by atoms with van der Waals surface area (Å²) in [5.74, 6) is 1.91. The molecule has 0 aliphatic carbocycles. The van der Waals surface area contributed by atoms with Crippen LogP contribution < -0.4 is 9.47 Å². The van der Waals surface area contributed by atoms with Gasteiger partial charge in [-0.15, -0.1) is 0 Å². The fraction of sp³-hybridized carbons (Fsp3) is 0.500. The zero-order valence-electron chi connectivity index (χ0n) is 10.5. The van der Waals surface area contributed by atoms with Gasteiger partial charge in [0, 0.05) is 13.1 Å². The summed E-state index contributed by atoms with van der Waals surface area (Å²) in [6.07, 6.45) is 2.29. The molecule has 2 heterocycles. The number of hydrogen-bond acceptors (Lipinski definition) is 3. The van der Waals surface area contributed by atoms with E-state index in [2.05, 4.69) is 6.92 Å². The molecule has 4 heteroatoms. The molecule has 1 saturated heterocycles. The van der Waals surface area contributed by atoms with Crippen LogP contribution in [0.5, 0.6) is 11.5 Å². The van der Waals surface area contributed by atoms with Crippen LogP contribution in [-0.2, 0) is 0 Å². The molecule has 1 amide bonds. The lowest BCUT2D eigenvalue weighted by atomic mass is 9.99. The molecule has 1 unspecified atom stereocenters. The molecule has 2 aliphatic rings. The molecule has 1 aromatic carbocycles. The molecule has 3 rings (SSSR count). The van der Waals surface area contributed by atoms with Gasteiger partial charge in [-0.3, -0.25) is 4.79 Å². The van der Waals surface area contributed by atoms with Crippen LogP contribution in [0, 0.1) is 5.92 Å². The Morgan fingerprint density at radius 3 is 3.11 bits per heavy atom. The summed E-state index contributed by atoms with van der Waals surface area (Å²) in [6.45, 7) is 4.07. The normalized spacial score (nSPS) is 22.1. The maximum absolute atomic E-state index is 12.5. The van der Waals surface area contributed by atoms with Crippen LogP contribution in [0.25, 0.3) is 0 Å². The topological polar surface area (TPSA) is 38.8 Å². The van der Waals surface area contributed by atoms with Gasteiger partial charge in [0.05, 0.1) is 5.56 Å². The van der Waals surface area contributed by atoms with E-state index in [0.717, 1.165) is 19.5 Å². The standard InChI is InChI=1S/C14H17NO3/c1-10-4-3-7-15(8-10)14(16)11-5-2-6-12-13(11)18-9-17-12/h2,5-6,10H,3-4,7-9H2,1H3. The third-order valence-corrected chi connectivity index (χ3v) is 3.57. The summed E-state index contributed by atoms with van der Waals surface area (Å²) in [5, 5.41) is 0. The second kappa shape index (κ2) is 4.52. The highest BCUT2D eigenvalue weighted by Gasteiger charge is 2.27. The maximum Gasteiger partial charge on any atom is 0.257 e. The largest absolute Gasteiger partial charge is 0.454 e. The molecule has 0 aromatic heterocycles. The number of amides is 1. The van der Waals surface area contributed by atoms with Crippen molar-refractivity contribution in [2.45, 2.75) is 19.8 Å². The summed E-state index contributed by atoms with van der Waals surface area (Å²) in [4.78, 5) is 14.4. The van der Waals surface area contributed by atoms with Crippen molar-refractivity contribution in [1.82, 2.24) is 4.90 Å². The minimum Gasteiger partial charge on any atom is -0.454 e. The van der Waals surface area contributed by atoms with E-state index in [1.807, 2.05) is 23.1 Å². The van der Waals surface area contributed by atoms with Crippen LogP contribution in [0.15, 0.2) is 18.2 Å². The Morgan fingerprint density at radius 2 is 2.28 bits per heavy atom. The number of carbonyl (C=O) groups is 1. The summed E-state index contributed by atoms with van der Waals surface area (Å²) in [6, 6.07) is 5.49. The van der Waals surface area contributed by atoms with Crippen LogP contribution in [0.2, 0.25) is 0 Å². The predicted octanol–water partition coefficient (Wildman–Crippen LogP) is 2.29. The zero-order valence-corrected chi connectivity index (χ0v) is 10.5. The maximum atomic E-state index is 12.5. The molecule has 0 spiro atoms. The number of para-hydroxylation sites is 1. The molecule has 0 bridgehead atoms. The minimum atomic E-state index is 0.0592. The molecule has 0 radical (unpaired) electrons. The fourth-order valence-corrected chi connectivity index (χ4v) is 2.64. The number of carbonyl (C=O) groups excluding carboxylic acids is 1. The van der Waals surface area contributed by atoms with Gasteiger partial charge < -0.3 is 14.4 Å². The Labute approximate surface area is 106 Å². The van der Waals surface area contributed by atoms with Gasteiger partial charge in [-0.1, -0.05) is 13.0 Å². The Bertz CT molecular complexity index is 472. The predicted molar refractivity (Wildman–Crippen MR) is 66.9 cm³/mol. The van der Waals surface area contributed by atoms with E-state index in [-0.39, 0.29) is 12.7 Å². The van der Waals surface area contributed by atoms with Crippen molar-refractivity contribution in [3.63, 3.8) is 0 Å². The van der Waals surface area contributed by atoms with Gasteiger partial charge in [0.1, 0.15) is 0 Å². The van der Waals surface area contributed by atoms with Crippen molar-refractivity contribution in [1.29, 1.82) is 0 Å². The quantitative estimate of drug-likeness (QED) is 0.764. The Hall–Kier alpha value is -1.71. The molecule has 0 N–H and O–H groups in total. The molecular formula is C14H17NO3. The van der Waals surface area contributed by atoms with Crippen LogP contribution >= 0.6 is 0 Å². The molecule has 2 aliphatic heterocycles. The van der Waals surface area contributed by atoms with E-state index >= 15 is 0 Å².